The van der Waals surface area contributed by atoms with Gasteiger partial charge in [-0.15, -0.1) is 0 Å². The minimum atomic E-state index is -0.992. The quantitative estimate of drug-likeness (QED) is 0.634. The maximum Gasteiger partial charge on any atom is 0.342 e. The van der Waals surface area contributed by atoms with E-state index >= 15 is 0 Å². The van der Waals surface area contributed by atoms with E-state index in [1.54, 1.807) is 44.3 Å². The van der Waals surface area contributed by atoms with Crippen LogP contribution in [0.25, 0.3) is 5.69 Å². The van der Waals surface area contributed by atoms with Gasteiger partial charge in [-0.05, 0) is 38.1 Å². The minimum Gasteiger partial charge on any atom is -0.449 e. The van der Waals surface area contributed by atoms with E-state index in [4.69, 9.17) is 4.74 Å². The molecule has 0 saturated heterocycles. The van der Waals surface area contributed by atoms with Crippen molar-refractivity contribution in [1.82, 2.24) is 9.78 Å². The molecule has 0 unspecified atom stereocenters. The average Bonchev–Trinajstić information content (AvgIpc) is 3.09. The molecule has 0 radical (unpaired) electrons. The zero-order valence-electron chi connectivity index (χ0n) is 15.8. The van der Waals surface area contributed by atoms with Crippen molar-refractivity contribution in [2.24, 2.45) is 0 Å². The number of rotatable bonds is 5. The van der Waals surface area contributed by atoms with Crippen molar-refractivity contribution in [3.63, 3.8) is 0 Å². The van der Waals surface area contributed by atoms with Crippen LogP contribution in [-0.4, -0.2) is 34.8 Å². The van der Waals surface area contributed by atoms with E-state index in [2.05, 4.69) is 5.10 Å². The fraction of sp³-hybridized carbons (Fsp3) is 0.190. The van der Waals surface area contributed by atoms with Crippen molar-refractivity contribution in [2.45, 2.75) is 20.0 Å². The number of anilines is 1. The van der Waals surface area contributed by atoms with Crippen molar-refractivity contribution >= 4 is 17.6 Å². The fourth-order valence-electron chi connectivity index (χ4n) is 2.80. The Labute approximate surface area is 162 Å². The van der Waals surface area contributed by atoms with Crippen LogP contribution >= 0.6 is 0 Å². The number of benzene rings is 2. The summed E-state index contributed by atoms with van der Waals surface area (Å²) in [5, 5.41) is 4.08. The summed E-state index contributed by atoms with van der Waals surface area (Å²) >= 11 is 0. The summed E-state index contributed by atoms with van der Waals surface area (Å²) < 4.78 is 20.7. The maximum atomic E-state index is 14.0. The molecule has 28 heavy (non-hydrogen) atoms. The van der Waals surface area contributed by atoms with Gasteiger partial charge in [0.2, 0.25) is 0 Å². The van der Waals surface area contributed by atoms with Gasteiger partial charge in [0.05, 0.1) is 11.9 Å². The van der Waals surface area contributed by atoms with Gasteiger partial charge in [-0.2, -0.15) is 5.10 Å². The molecule has 1 heterocycles. The third-order valence-corrected chi connectivity index (χ3v) is 4.42. The first kappa shape index (κ1) is 19.3. The van der Waals surface area contributed by atoms with Crippen LogP contribution in [0.5, 0.6) is 0 Å². The zero-order chi connectivity index (χ0) is 20.3. The van der Waals surface area contributed by atoms with Crippen LogP contribution in [0.3, 0.4) is 0 Å². The Bertz CT molecular complexity index is 1000. The number of carbonyl (C=O) groups is 2. The standard InChI is InChI=1S/C21H20FN3O3/c1-14-17(13-23-25(14)19-12-8-7-11-18(19)22)21(27)28-15(2)20(26)24(3)16-9-5-4-6-10-16/h4-13,15H,1-3H3/t15-/m0/s1. The van der Waals surface area contributed by atoms with Crippen molar-refractivity contribution < 1.29 is 18.7 Å². The van der Waals surface area contributed by atoms with Gasteiger partial charge in [0, 0.05) is 12.7 Å². The van der Waals surface area contributed by atoms with Crippen molar-refractivity contribution in [3.8, 4) is 5.69 Å². The molecule has 0 aliphatic rings. The number of ether oxygens (including phenoxy) is 1. The third kappa shape index (κ3) is 3.78. The number of nitrogens with zero attached hydrogens (tertiary/aromatic N) is 3. The number of esters is 1. The monoisotopic (exact) mass is 381 g/mol. The van der Waals surface area contributed by atoms with E-state index in [1.165, 1.54) is 28.8 Å². The van der Waals surface area contributed by atoms with Crippen LogP contribution in [-0.2, 0) is 9.53 Å². The number of para-hydroxylation sites is 2. The Balaban J connectivity index is 1.75. The molecule has 0 saturated carbocycles. The molecule has 3 aromatic rings. The maximum absolute atomic E-state index is 14.0. The number of aromatic nitrogens is 2. The Morgan fingerprint density at radius 3 is 2.43 bits per heavy atom. The highest BCUT2D eigenvalue weighted by atomic mass is 19.1. The summed E-state index contributed by atoms with van der Waals surface area (Å²) in [6.45, 7) is 3.15. The highest BCUT2D eigenvalue weighted by molar-refractivity contribution is 5.98. The molecule has 2 aromatic carbocycles. The SMILES string of the molecule is Cc1c(C(=O)O[C@@H](C)C(=O)N(C)c2ccccc2)cnn1-c1ccccc1F. The molecule has 0 spiro atoms. The van der Waals surface area contributed by atoms with Gasteiger partial charge in [-0.25, -0.2) is 13.9 Å². The second kappa shape index (κ2) is 8.04. The number of hydrogen-bond donors (Lipinski definition) is 0. The van der Waals surface area contributed by atoms with Crippen LogP contribution in [0.4, 0.5) is 10.1 Å². The lowest BCUT2D eigenvalue weighted by Crippen LogP contribution is -2.37. The van der Waals surface area contributed by atoms with Crippen LogP contribution in [0.1, 0.15) is 23.0 Å². The van der Waals surface area contributed by atoms with Gasteiger partial charge >= 0.3 is 5.97 Å². The van der Waals surface area contributed by atoms with Crippen LogP contribution in [0, 0.1) is 12.7 Å². The molecule has 3 rings (SSSR count). The van der Waals surface area contributed by atoms with E-state index in [0.29, 0.717) is 11.4 Å². The van der Waals surface area contributed by atoms with Crippen LogP contribution in [0.2, 0.25) is 0 Å². The normalized spacial score (nSPS) is 11.7. The molecule has 1 amide bonds. The van der Waals surface area contributed by atoms with Gasteiger partial charge in [0.25, 0.3) is 5.91 Å². The number of amides is 1. The second-order valence-electron chi connectivity index (χ2n) is 6.29. The van der Waals surface area contributed by atoms with Gasteiger partial charge in [0.15, 0.2) is 6.10 Å². The van der Waals surface area contributed by atoms with Crippen molar-refractivity contribution in [3.05, 3.63) is 77.9 Å². The summed E-state index contributed by atoms with van der Waals surface area (Å²) in [7, 11) is 1.61. The number of halogens is 1. The number of carbonyl (C=O) groups excluding carboxylic acids is 2. The van der Waals surface area contributed by atoms with Crippen LogP contribution < -0.4 is 4.90 Å². The van der Waals surface area contributed by atoms with Crippen LogP contribution in [0.15, 0.2) is 60.8 Å². The lowest BCUT2D eigenvalue weighted by molar-refractivity contribution is -0.126. The Morgan fingerprint density at radius 2 is 1.75 bits per heavy atom. The molecule has 0 aliphatic carbocycles. The molecule has 7 heteroatoms. The average molecular weight is 381 g/mol. The predicted octanol–water partition coefficient (Wildman–Crippen LogP) is 3.53. The lowest BCUT2D eigenvalue weighted by Gasteiger charge is -2.21. The van der Waals surface area contributed by atoms with Gasteiger partial charge in [0.1, 0.15) is 17.1 Å². The topological polar surface area (TPSA) is 64.4 Å². The van der Waals surface area contributed by atoms with E-state index in [0.717, 1.165) is 0 Å². The number of likely N-dealkylation sites (N-methyl/N-ethyl adjacent to an activating group) is 1. The molecule has 0 aliphatic heterocycles. The predicted molar refractivity (Wildman–Crippen MR) is 103 cm³/mol. The fourth-order valence-corrected chi connectivity index (χ4v) is 2.80. The van der Waals surface area contributed by atoms with Gasteiger partial charge in [-0.3, -0.25) is 4.79 Å². The molecule has 0 bridgehead atoms. The summed E-state index contributed by atoms with van der Waals surface area (Å²) in [5.74, 6) is -1.51. The highest BCUT2D eigenvalue weighted by Crippen LogP contribution is 2.19. The Hall–Kier alpha value is -3.48. The summed E-state index contributed by atoms with van der Waals surface area (Å²) in [6.07, 6.45) is 0.316. The van der Waals surface area contributed by atoms with Crippen molar-refractivity contribution in [1.29, 1.82) is 0 Å². The van der Waals surface area contributed by atoms with E-state index in [-0.39, 0.29) is 17.2 Å². The molecule has 0 N–H and O–H groups in total. The van der Waals surface area contributed by atoms with Gasteiger partial charge < -0.3 is 9.64 Å². The third-order valence-electron chi connectivity index (χ3n) is 4.42. The lowest BCUT2D eigenvalue weighted by atomic mass is 10.2. The minimum absolute atomic E-state index is 0.172. The Morgan fingerprint density at radius 1 is 1.11 bits per heavy atom. The summed E-state index contributed by atoms with van der Waals surface area (Å²) in [4.78, 5) is 26.5. The van der Waals surface area contributed by atoms with E-state index in [1.807, 2.05) is 18.2 Å². The molecular formula is C21H20FN3O3. The molecule has 1 aromatic heterocycles. The first-order valence-electron chi connectivity index (χ1n) is 8.73. The van der Waals surface area contributed by atoms with Gasteiger partial charge in [-0.1, -0.05) is 30.3 Å². The molecule has 144 valence electrons. The van der Waals surface area contributed by atoms with Crippen molar-refractivity contribution in [2.75, 3.05) is 11.9 Å². The molecule has 0 fully saturated rings. The zero-order valence-corrected chi connectivity index (χ0v) is 15.8. The summed E-state index contributed by atoms with van der Waals surface area (Å²) in [6, 6.07) is 15.2. The molecule has 6 nitrogen and oxygen atoms in total. The molecular weight excluding hydrogens is 361 g/mol. The first-order valence-corrected chi connectivity index (χ1v) is 8.73. The van der Waals surface area contributed by atoms with E-state index in [9.17, 15) is 14.0 Å². The largest absolute Gasteiger partial charge is 0.449 e. The smallest absolute Gasteiger partial charge is 0.342 e. The Kier molecular flexibility index (Phi) is 5.54. The number of hydrogen-bond acceptors (Lipinski definition) is 4. The highest BCUT2D eigenvalue weighted by Gasteiger charge is 2.25. The second-order valence-corrected chi connectivity index (χ2v) is 6.29. The first-order chi connectivity index (χ1) is 13.4. The van der Waals surface area contributed by atoms with E-state index < -0.39 is 17.9 Å². The summed E-state index contributed by atoms with van der Waals surface area (Å²) in [5.41, 5.74) is 1.52. The molecule has 1 atom stereocenters.